The van der Waals surface area contributed by atoms with Crippen molar-refractivity contribution in [3.8, 4) is 0 Å². The highest BCUT2D eigenvalue weighted by molar-refractivity contribution is 7.45. The Morgan fingerprint density at radius 2 is 0.792 bits per heavy atom. The van der Waals surface area contributed by atoms with Crippen LogP contribution in [0.3, 0.4) is 0 Å². The van der Waals surface area contributed by atoms with E-state index in [1.807, 2.05) is 28.1 Å². The number of phosphoric ester groups is 1. The lowest BCUT2D eigenvalue weighted by atomic mass is 10.0. The van der Waals surface area contributed by atoms with Crippen molar-refractivity contribution in [2.45, 2.75) is 347 Å². The maximum Gasteiger partial charge on any atom is 0.268 e. The molecule has 0 aromatic carbocycles. The quantitative estimate of drug-likeness (QED) is 0.0239. The number of carbonyl (C=O) groups excluding carboxylic acids is 1. The Hall–Kier alpha value is -1.32. The van der Waals surface area contributed by atoms with Crippen LogP contribution in [0, 0.1) is 0 Å². The molecule has 0 spiro atoms. The number of unbranched alkanes of at least 4 members (excludes halogenated alkanes) is 43. The minimum atomic E-state index is -4.68. The number of likely N-dealkylation sites (N-methyl/N-ethyl adjacent to an activating group) is 1. The molecule has 10 heteroatoms. The molecule has 0 aromatic rings. The van der Waals surface area contributed by atoms with Crippen LogP contribution in [0.15, 0.2) is 36.5 Å². The van der Waals surface area contributed by atoms with E-state index in [-0.39, 0.29) is 18.9 Å². The molecule has 3 N–H and O–H groups in total. The van der Waals surface area contributed by atoms with Crippen LogP contribution in [0.1, 0.15) is 328 Å². The molecule has 0 aliphatic rings. The second kappa shape index (κ2) is 57.9. The summed E-state index contributed by atoms with van der Waals surface area (Å²) in [6.07, 6.45) is 73.0. The minimum Gasteiger partial charge on any atom is -0.756 e. The molecule has 77 heavy (non-hydrogen) atoms. The molecule has 0 saturated heterocycles. The fourth-order valence-electron chi connectivity index (χ4n) is 10.3. The van der Waals surface area contributed by atoms with Crippen molar-refractivity contribution in [3.63, 3.8) is 0 Å². The first kappa shape index (κ1) is 75.7. The Morgan fingerprint density at radius 1 is 0.481 bits per heavy atom. The summed E-state index contributed by atoms with van der Waals surface area (Å²) in [6.45, 7) is 4.23. The number of rotatable bonds is 62. The van der Waals surface area contributed by atoms with E-state index in [2.05, 4.69) is 48.7 Å². The number of aliphatic hydroxyl groups excluding tert-OH is 2. The average Bonchev–Trinajstić information content (AvgIpc) is 3.39. The molecule has 0 aliphatic heterocycles. The van der Waals surface area contributed by atoms with Gasteiger partial charge in [0.1, 0.15) is 19.3 Å². The number of nitrogens with zero attached hydrogens (tertiary/aromatic N) is 1. The number of quaternary nitrogens is 1. The third-order valence-corrected chi connectivity index (χ3v) is 16.5. The van der Waals surface area contributed by atoms with Gasteiger partial charge in [-0.15, -0.1) is 0 Å². The average molecular weight is 1110 g/mol. The van der Waals surface area contributed by atoms with Gasteiger partial charge in [0.05, 0.1) is 39.9 Å². The van der Waals surface area contributed by atoms with Gasteiger partial charge in [-0.1, -0.05) is 300 Å². The molecule has 456 valence electrons. The van der Waals surface area contributed by atoms with Gasteiger partial charge in [0, 0.05) is 6.42 Å². The van der Waals surface area contributed by atoms with E-state index in [1.54, 1.807) is 0 Å². The Labute approximate surface area is 479 Å². The fraction of sp³-hybridized carbons (Fsp3) is 0.896. The zero-order valence-electron chi connectivity index (χ0n) is 51.8. The number of amides is 1. The second-order valence-electron chi connectivity index (χ2n) is 24.3. The van der Waals surface area contributed by atoms with Crippen LogP contribution in [0.25, 0.3) is 0 Å². The largest absolute Gasteiger partial charge is 0.756 e. The van der Waals surface area contributed by atoms with Gasteiger partial charge in [0.2, 0.25) is 5.91 Å². The summed E-state index contributed by atoms with van der Waals surface area (Å²) >= 11 is 0. The van der Waals surface area contributed by atoms with E-state index in [9.17, 15) is 24.5 Å². The van der Waals surface area contributed by atoms with Crippen molar-refractivity contribution in [2.75, 3.05) is 40.9 Å². The maximum absolute atomic E-state index is 13.0. The van der Waals surface area contributed by atoms with E-state index >= 15 is 0 Å². The lowest BCUT2D eigenvalue weighted by molar-refractivity contribution is -0.870. The van der Waals surface area contributed by atoms with Crippen molar-refractivity contribution < 1.29 is 38.0 Å². The van der Waals surface area contributed by atoms with Crippen LogP contribution < -0.4 is 10.2 Å². The third kappa shape index (κ3) is 59.1. The van der Waals surface area contributed by atoms with Crippen molar-refractivity contribution in [1.82, 2.24) is 5.32 Å². The smallest absolute Gasteiger partial charge is 0.268 e. The highest BCUT2D eigenvalue weighted by atomic mass is 31.2. The molecule has 0 fully saturated rings. The van der Waals surface area contributed by atoms with Crippen LogP contribution in [0.2, 0.25) is 0 Å². The van der Waals surface area contributed by atoms with E-state index in [0.29, 0.717) is 30.3 Å². The van der Waals surface area contributed by atoms with Crippen LogP contribution in [-0.4, -0.2) is 79.8 Å². The molecule has 0 rings (SSSR count). The molecular weight excluding hydrogens is 976 g/mol. The summed E-state index contributed by atoms with van der Waals surface area (Å²) in [4.78, 5) is 25.5. The van der Waals surface area contributed by atoms with Gasteiger partial charge < -0.3 is 34.0 Å². The normalized spacial score (nSPS) is 14.3. The molecule has 1 amide bonds. The monoisotopic (exact) mass is 1110 g/mol. The first-order valence-corrected chi connectivity index (χ1v) is 34.8. The van der Waals surface area contributed by atoms with Crippen molar-refractivity contribution in [2.24, 2.45) is 0 Å². The molecule has 0 heterocycles. The number of carbonyl (C=O) groups is 1. The summed E-state index contributed by atoms with van der Waals surface area (Å²) in [5, 5.41) is 24.7. The number of hydrogen-bond acceptors (Lipinski definition) is 7. The molecule has 9 nitrogen and oxygen atoms in total. The maximum atomic E-state index is 13.0. The summed E-state index contributed by atoms with van der Waals surface area (Å²) in [5.41, 5.74) is 0. The van der Waals surface area contributed by atoms with E-state index in [1.165, 1.54) is 244 Å². The lowest BCUT2D eigenvalue weighted by Gasteiger charge is -2.31. The van der Waals surface area contributed by atoms with Gasteiger partial charge in [-0.05, 0) is 58.3 Å². The molecule has 0 aliphatic carbocycles. The second-order valence-corrected chi connectivity index (χ2v) is 25.7. The van der Waals surface area contributed by atoms with Crippen LogP contribution in [0.4, 0.5) is 0 Å². The molecular formula is C67H131N2O7P. The highest BCUT2D eigenvalue weighted by Gasteiger charge is 2.29. The summed E-state index contributed by atoms with van der Waals surface area (Å²) in [6, 6.07) is -1.10. The van der Waals surface area contributed by atoms with E-state index in [4.69, 9.17) is 9.05 Å². The zero-order chi connectivity index (χ0) is 56.4. The summed E-state index contributed by atoms with van der Waals surface area (Å²) in [5.74, 6) is -0.290. The lowest BCUT2D eigenvalue weighted by Crippen LogP contribution is -2.51. The van der Waals surface area contributed by atoms with Crippen LogP contribution in [-0.2, 0) is 18.4 Å². The Kier molecular flexibility index (Phi) is 56.9. The fourth-order valence-corrected chi connectivity index (χ4v) is 11.0. The summed E-state index contributed by atoms with van der Waals surface area (Å²) in [7, 11) is 1.10. The molecule has 0 radical (unpaired) electrons. The van der Waals surface area contributed by atoms with Crippen molar-refractivity contribution in [3.05, 3.63) is 36.5 Å². The molecule has 0 bridgehead atoms. The predicted molar refractivity (Wildman–Crippen MR) is 331 cm³/mol. The van der Waals surface area contributed by atoms with Crippen molar-refractivity contribution in [1.29, 1.82) is 0 Å². The SMILES string of the molecule is C/C=C/CC/C=C/CC/C=C/CCCC(O)C(O)C(COP(=O)([O-])OCC[N+](C)(C)C)NC(=O)CCCCCCCCCCCCCCCCCCCCCCCCCCCCCCCCCCCCCCCCCCC. The molecule has 0 saturated carbocycles. The first-order valence-electron chi connectivity index (χ1n) is 33.4. The predicted octanol–water partition coefficient (Wildman–Crippen LogP) is 19.2. The number of aliphatic hydroxyl groups is 2. The van der Waals surface area contributed by atoms with Gasteiger partial charge >= 0.3 is 0 Å². The first-order chi connectivity index (χ1) is 37.4. The Morgan fingerprint density at radius 3 is 1.12 bits per heavy atom. The van der Waals surface area contributed by atoms with Gasteiger partial charge in [-0.25, -0.2) is 0 Å². The van der Waals surface area contributed by atoms with Crippen molar-refractivity contribution >= 4 is 13.7 Å². The van der Waals surface area contributed by atoms with Gasteiger partial charge in [-0.3, -0.25) is 9.36 Å². The molecule has 0 aromatic heterocycles. The standard InChI is InChI=1S/C67H131N2O7P/c1-6-8-10-12-14-16-18-20-21-22-23-24-25-26-27-28-29-30-31-32-33-34-35-36-37-38-39-40-41-42-43-44-45-46-47-48-50-52-54-56-58-60-66(71)68-64(63-76-77(73,74)75-62-61-69(3,4)5)67(72)65(70)59-57-55-53-51-49-19-17-15-13-11-9-7-2/h7,9,15,17,51,53,64-65,67,70,72H,6,8,10-14,16,18-50,52,54-63H2,1-5H3,(H-,68,71,73,74)/b9-7+,17-15+,53-51+. The Bertz CT molecular complexity index is 1370. The van der Waals surface area contributed by atoms with Crippen LogP contribution >= 0.6 is 7.82 Å². The van der Waals surface area contributed by atoms with Gasteiger partial charge in [0.25, 0.3) is 7.82 Å². The summed E-state index contributed by atoms with van der Waals surface area (Å²) < 4.78 is 23.3. The Balaban J connectivity index is 3.86. The van der Waals surface area contributed by atoms with Gasteiger partial charge in [-0.2, -0.15) is 0 Å². The molecule has 4 unspecified atom stereocenters. The van der Waals surface area contributed by atoms with E-state index < -0.39 is 32.7 Å². The number of allylic oxidation sites excluding steroid dienone is 6. The van der Waals surface area contributed by atoms with Crippen LogP contribution in [0.5, 0.6) is 0 Å². The van der Waals surface area contributed by atoms with E-state index in [0.717, 1.165) is 44.9 Å². The number of hydrogen-bond donors (Lipinski definition) is 3. The third-order valence-electron chi connectivity index (χ3n) is 15.5. The van der Waals surface area contributed by atoms with Gasteiger partial charge in [0.15, 0.2) is 0 Å². The highest BCUT2D eigenvalue weighted by Crippen LogP contribution is 2.38. The number of phosphoric acid groups is 1. The zero-order valence-corrected chi connectivity index (χ0v) is 52.7. The topological polar surface area (TPSA) is 128 Å². The molecule has 4 atom stereocenters. The minimum absolute atomic E-state index is 0.0490. The number of nitrogens with one attached hydrogen (secondary N) is 1.